The van der Waals surface area contributed by atoms with Crippen molar-refractivity contribution >= 4 is 40.9 Å². The number of likely N-dealkylation sites (tertiary alicyclic amines) is 3. The topological polar surface area (TPSA) is 205 Å². The summed E-state index contributed by atoms with van der Waals surface area (Å²) in [6, 6.07) is 16.3. The summed E-state index contributed by atoms with van der Waals surface area (Å²) < 4.78 is 0. The molecule has 8 heterocycles. The average molecular weight is 1020 g/mol. The number of rotatable bonds is 10. The first kappa shape index (κ1) is 49.9. The highest BCUT2D eigenvalue weighted by molar-refractivity contribution is 7.13. The maximum Gasteiger partial charge on any atom is 0.318 e. The number of aryl methyl sites for hydroxylation is 1. The number of carbonyl (C=O) groups is 3. The molecule has 11 rings (SSSR count). The number of thiazole rings is 1. The quantitative estimate of drug-likeness (QED) is 0.0951. The molecule has 5 fully saturated rings. The van der Waals surface area contributed by atoms with Crippen molar-refractivity contribution in [3.05, 3.63) is 94.9 Å². The minimum atomic E-state index is -0.878. The van der Waals surface area contributed by atoms with Crippen LogP contribution in [0, 0.1) is 17.8 Å². The lowest BCUT2D eigenvalue weighted by Gasteiger charge is -2.55. The Morgan fingerprint density at radius 1 is 0.932 bits per heavy atom. The fourth-order valence-corrected chi connectivity index (χ4v) is 13.8. The maximum atomic E-state index is 14.3. The molecule has 17 nitrogen and oxygen atoms in total. The summed E-state index contributed by atoms with van der Waals surface area (Å²) >= 11 is 1.59. The van der Waals surface area contributed by atoms with Gasteiger partial charge in [0.15, 0.2) is 5.82 Å². The van der Waals surface area contributed by atoms with Gasteiger partial charge in [-0.15, -0.1) is 21.5 Å². The number of aliphatic hydroxyl groups is 1. The number of urea groups is 1. The Labute approximate surface area is 437 Å². The van der Waals surface area contributed by atoms with Crippen molar-refractivity contribution in [1.29, 1.82) is 0 Å². The monoisotopic (exact) mass is 1020 g/mol. The first-order chi connectivity index (χ1) is 35.6. The zero-order valence-electron chi connectivity index (χ0n) is 43.2. The van der Waals surface area contributed by atoms with Crippen molar-refractivity contribution in [3.8, 4) is 27.4 Å². The predicted octanol–water partition coefficient (Wildman–Crippen LogP) is 7.07. The van der Waals surface area contributed by atoms with E-state index in [1.54, 1.807) is 17.4 Å². The van der Waals surface area contributed by atoms with Crippen molar-refractivity contribution in [2.24, 2.45) is 10.8 Å². The third-order valence-corrected chi connectivity index (χ3v) is 18.2. The molecule has 2 aromatic carbocycles. The smallest absolute Gasteiger partial charge is 0.318 e. The number of nitrogens with zero attached hydrogens (tertiary/aromatic N) is 9. The molecule has 5 aromatic rings. The van der Waals surface area contributed by atoms with E-state index in [9.17, 15) is 24.6 Å². The summed E-state index contributed by atoms with van der Waals surface area (Å²) in [7, 11) is 0. The van der Waals surface area contributed by atoms with E-state index in [0.717, 1.165) is 104 Å². The molecular formula is C56H70N12O5S. The van der Waals surface area contributed by atoms with Gasteiger partial charge in [0.1, 0.15) is 17.8 Å². The van der Waals surface area contributed by atoms with E-state index >= 15 is 0 Å². The Balaban J connectivity index is 0.635. The number of β-amino-alcohol motifs (C(OH)–C–C–N with tert-alkyl or cyclic N) is 1. The van der Waals surface area contributed by atoms with Crippen LogP contribution < -0.4 is 20.9 Å². The van der Waals surface area contributed by atoms with Gasteiger partial charge in [-0.1, -0.05) is 57.2 Å². The van der Waals surface area contributed by atoms with Gasteiger partial charge < -0.3 is 45.8 Å². The van der Waals surface area contributed by atoms with E-state index in [2.05, 4.69) is 53.9 Å². The Bertz CT molecular complexity index is 2850. The fraction of sp³-hybridized carbons (Fsp3) is 0.536. The summed E-state index contributed by atoms with van der Waals surface area (Å²) in [5.74, 6) is 1.69. The molecule has 3 unspecified atom stereocenters. The van der Waals surface area contributed by atoms with Crippen molar-refractivity contribution in [3.63, 3.8) is 0 Å². The number of hydrogen-bond acceptors (Lipinski definition) is 14. The molecule has 1 spiro atoms. The molecule has 18 heteroatoms. The first-order valence-electron chi connectivity index (χ1n) is 26.7. The van der Waals surface area contributed by atoms with Gasteiger partial charge in [-0.3, -0.25) is 9.59 Å². The molecule has 1 aliphatic carbocycles. The number of benzene rings is 2. The molecule has 6 atom stereocenters. The predicted molar refractivity (Wildman–Crippen MR) is 285 cm³/mol. The molecule has 4 amide bonds. The molecule has 0 bridgehead atoms. The van der Waals surface area contributed by atoms with Gasteiger partial charge in [-0.2, -0.15) is 0 Å². The van der Waals surface area contributed by atoms with Gasteiger partial charge in [0.05, 0.1) is 27.9 Å². The summed E-state index contributed by atoms with van der Waals surface area (Å²) in [5.41, 5.74) is 7.93. The lowest BCUT2D eigenvalue weighted by atomic mass is 9.67. The Kier molecular flexibility index (Phi) is 13.6. The number of anilines is 2. The number of aromatic hydroxyl groups is 1. The second kappa shape index (κ2) is 20.1. The number of aromatic nitrogens is 5. The van der Waals surface area contributed by atoms with Crippen LogP contribution in [-0.2, 0) is 16.1 Å². The maximum absolute atomic E-state index is 14.3. The number of amides is 4. The van der Waals surface area contributed by atoms with Crippen LogP contribution in [0.5, 0.6) is 5.75 Å². The van der Waals surface area contributed by atoms with Crippen LogP contribution in [0.2, 0.25) is 0 Å². The number of para-hydroxylation sites is 1. The van der Waals surface area contributed by atoms with Gasteiger partial charge in [0, 0.05) is 92.1 Å². The van der Waals surface area contributed by atoms with Crippen LogP contribution in [-0.4, -0.2) is 143 Å². The van der Waals surface area contributed by atoms with Gasteiger partial charge in [-0.25, -0.2) is 19.7 Å². The molecule has 5 aliphatic heterocycles. The Hall–Kier alpha value is -6.24. The van der Waals surface area contributed by atoms with E-state index in [1.807, 2.05) is 93.0 Å². The van der Waals surface area contributed by atoms with Gasteiger partial charge in [-0.05, 0) is 118 Å². The highest BCUT2D eigenvalue weighted by atomic mass is 32.1. The van der Waals surface area contributed by atoms with Crippen molar-refractivity contribution < 1.29 is 24.6 Å². The molecule has 6 aliphatic rings. The summed E-state index contributed by atoms with van der Waals surface area (Å²) in [6.07, 6.45) is 10.8. The normalized spacial score (nSPS) is 24.5. The number of phenols is 1. The van der Waals surface area contributed by atoms with Gasteiger partial charge in [0.25, 0.3) is 0 Å². The SMILES string of the molecule is Cc1ncsc1-c1ccc(CNC(=O)[C@@H]2C[C@@H](O)CN2C(=O)[C@@H](NC(=O)N2CC3(CCC(N4CCC(c5cnc(N6CCC7Nc8nnc(-c9ccccc9O)cc8C7C6C)nc5)CC4)CC3)C2)C(C)(C)C)cc1. The summed E-state index contributed by atoms with van der Waals surface area (Å²) in [5, 5.41) is 39.9. The minimum absolute atomic E-state index is 0.0343. The fourth-order valence-electron chi connectivity index (χ4n) is 13.0. The summed E-state index contributed by atoms with van der Waals surface area (Å²) in [4.78, 5) is 65.5. The van der Waals surface area contributed by atoms with Crippen LogP contribution in [0.25, 0.3) is 21.7 Å². The highest BCUT2D eigenvalue weighted by Crippen LogP contribution is 2.47. The highest BCUT2D eigenvalue weighted by Gasteiger charge is 2.50. The average Bonchev–Trinajstić information content (AvgIpc) is 4.12. The molecular weight excluding hydrogens is 953 g/mol. The van der Waals surface area contributed by atoms with Crippen molar-refractivity contribution in [2.45, 2.75) is 141 Å². The molecule has 4 saturated heterocycles. The van der Waals surface area contributed by atoms with Crippen LogP contribution in [0.15, 0.2) is 72.5 Å². The third kappa shape index (κ3) is 9.80. The number of carbonyl (C=O) groups excluding carboxylic acids is 3. The lowest BCUT2D eigenvalue weighted by molar-refractivity contribution is -0.142. The molecule has 74 heavy (non-hydrogen) atoms. The van der Waals surface area contributed by atoms with Gasteiger partial charge >= 0.3 is 6.03 Å². The van der Waals surface area contributed by atoms with E-state index in [-0.39, 0.29) is 66.5 Å². The second-order valence-electron chi connectivity index (χ2n) is 23.1. The van der Waals surface area contributed by atoms with E-state index in [1.165, 1.54) is 10.5 Å². The van der Waals surface area contributed by atoms with E-state index in [4.69, 9.17) is 9.97 Å². The largest absolute Gasteiger partial charge is 0.507 e. The standard InChI is InChI=1S/C56H70N12O5S/c1-33-48(74-32-60-33)37-12-10-35(11-13-37)26-57-51(71)45-24-40(69)29-68(45)52(72)49(55(3,4)5)62-54(73)66-30-56(31-66)19-14-39(15-20-56)65-21-16-36(17-22-65)38-27-58-53(59-28-38)67-23-18-43-47(34(67)2)42-25-44(63-64-50(42)61-43)41-8-6-7-9-46(41)70/h6-13,25,27-28,32,34,36,39-40,43,45,47,49,69-70H,14-24,26,29-31H2,1-5H3,(H,57,71)(H,61,64)(H,62,73)/t34?,40-,43?,45+,47?,49-/m1/s1. The summed E-state index contributed by atoms with van der Waals surface area (Å²) in [6.45, 7) is 14.6. The van der Waals surface area contributed by atoms with Crippen LogP contribution in [0.4, 0.5) is 16.6 Å². The van der Waals surface area contributed by atoms with Crippen molar-refractivity contribution in [2.75, 3.05) is 49.5 Å². The zero-order chi connectivity index (χ0) is 51.5. The third-order valence-electron chi connectivity index (χ3n) is 17.3. The van der Waals surface area contributed by atoms with E-state index in [0.29, 0.717) is 36.3 Å². The number of piperidine rings is 2. The van der Waals surface area contributed by atoms with Crippen LogP contribution >= 0.6 is 11.3 Å². The number of fused-ring (bicyclic) bond motifs is 3. The molecule has 5 N–H and O–H groups in total. The van der Waals surface area contributed by atoms with Crippen LogP contribution in [0.1, 0.15) is 113 Å². The number of aliphatic hydroxyl groups excluding tert-OH is 1. The Morgan fingerprint density at radius 2 is 1.66 bits per heavy atom. The molecule has 1 saturated carbocycles. The second-order valence-corrected chi connectivity index (χ2v) is 23.9. The number of nitrogens with one attached hydrogen (secondary N) is 3. The number of hydrogen-bond donors (Lipinski definition) is 5. The Morgan fingerprint density at radius 3 is 2.35 bits per heavy atom. The number of phenolic OH excluding ortho intramolecular Hbond substituents is 1. The zero-order valence-corrected chi connectivity index (χ0v) is 44.0. The van der Waals surface area contributed by atoms with Crippen LogP contribution in [0.3, 0.4) is 0 Å². The van der Waals surface area contributed by atoms with Crippen molar-refractivity contribution in [1.82, 2.24) is 50.5 Å². The molecule has 390 valence electrons. The molecule has 3 aromatic heterocycles. The first-order valence-corrected chi connectivity index (χ1v) is 27.6. The lowest BCUT2D eigenvalue weighted by Crippen LogP contribution is -2.66. The molecule has 0 radical (unpaired) electrons. The minimum Gasteiger partial charge on any atom is -0.507 e. The van der Waals surface area contributed by atoms with E-state index < -0.39 is 23.6 Å². The van der Waals surface area contributed by atoms with Gasteiger partial charge in [0.2, 0.25) is 17.8 Å².